The van der Waals surface area contributed by atoms with Crippen molar-refractivity contribution in [3.05, 3.63) is 28.0 Å². The molecule has 5 heteroatoms. The summed E-state index contributed by atoms with van der Waals surface area (Å²) in [7, 11) is 1.80. The van der Waals surface area contributed by atoms with Crippen molar-refractivity contribution in [3.63, 3.8) is 0 Å². The van der Waals surface area contributed by atoms with Crippen LogP contribution in [0.15, 0.2) is 18.2 Å². The number of carboxylic acid groups (broad SMARTS) is 1. The van der Waals surface area contributed by atoms with Crippen molar-refractivity contribution in [2.24, 2.45) is 0 Å². The molecular weight excluding hydrogens is 262 g/mol. The van der Waals surface area contributed by atoms with Crippen LogP contribution in [0.5, 0.6) is 0 Å². The van der Waals surface area contributed by atoms with Crippen molar-refractivity contribution < 1.29 is 14.7 Å². The summed E-state index contributed by atoms with van der Waals surface area (Å²) in [6.07, 6.45) is 5.83. The molecule has 104 valence electrons. The van der Waals surface area contributed by atoms with Crippen molar-refractivity contribution in [2.75, 3.05) is 13.6 Å². The third-order valence-corrected chi connectivity index (χ3v) is 3.71. The number of nitrogens with zero attached hydrogens (tertiary/aromatic N) is 1. The molecule has 0 fully saturated rings. The first-order valence-corrected chi connectivity index (χ1v) is 7.12. The van der Waals surface area contributed by atoms with Gasteiger partial charge in [0.2, 0.25) is 0 Å². The van der Waals surface area contributed by atoms with Crippen LogP contribution in [0, 0.1) is 0 Å². The number of carbonyl (C=O) groups excluding carboxylic acids is 1. The highest BCUT2D eigenvalue weighted by atomic mass is 32.1. The molecule has 1 rings (SSSR count). The minimum Gasteiger partial charge on any atom is -0.478 e. The number of hydrogen-bond donors (Lipinski definition) is 1. The number of hydrogen-bond acceptors (Lipinski definition) is 3. The fraction of sp³-hybridized carbons (Fsp3) is 0.429. The standard InChI is InChI=1S/C14H19NO3S/c1-3-4-5-10-15(2)14(18)12-8-6-11(19-12)7-9-13(16)17/h6-9H,3-5,10H2,1-2H3,(H,16,17). The molecule has 0 aromatic carbocycles. The number of carboxylic acids is 1. The van der Waals surface area contributed by atoms with E-state index in [1.54, 1.807) is 24.1 Å². The first-order valence-electron chi connectivity index (χ1n) is 6.31. The Labute approximate surface area is 117 Å². The molecule has 0 bridgehead atoms. The van der Waals surface area contributed by atoms with Gasteiger partial charge in [0.15, 0.2) is 0 Å². The SMILES string of the molecule is CCCCCN(C)C(=O)c1ccc(C=CC(=O)O)s1. The fourth-order valence-corrected chi connectivity index (χ4v) is 2.50. The van der Waals surface area contributed by atoms with Crippen molar-refractivity contribution in [2.45, 2.75) is 26.2 Å². The van der Waals surface area contributed by atoms with Gasteiger partial charge in [-0.15, -0.1) is 11.3 Å². The molecular formula is C14H19NO3S. The zero-order valence-electron chi connectivity index (χ0n) is 11.3. The van der Waals surface area contributed by atoms with E-state index in [4.69, 9.17) is 5.11 Å². The Hall–Kier alpha value is -1.62. The Bertz CT molecular complexity index is 465. The number of rotatable bonds is 7. The van der Waals surface area contributed by atoms with Crippen LogP contribution in [-0.4, -0.2) is 35.5 Å². The molecule has 0 aliphatic rings. The second-order valence-corrected chi connectivity index (χ2v) is 5.42. The van der Waals surface area contributed by atoms with Crippen LogP contribution in [0.1, 0.15) is 40.7 Å². The van der Waals surface area contributed by atoms with Gasteiger partial charge in [-0.05, 0) is 24.6 Å². The Balaban J connectivity index is 2.60. The quantitative estimate of drug-likeness (QED) is 0.617. The Morgan fingerprint density at radius 1 is 1.37 bits per heavy atom. The number of thiophene rings is 1. The number of amides is 1. The van der Waals surface area contributed by atoms with Crippen LogP contribution in [0.4, 0.5) is 0 Å². The zero-order chi connectivity index (χ0) is 14.3. The van der Waals surface area contributed by atoms with Crippen LogP contribution in [0.3, 0.4) is 0 Å². The summed E-state index contributed by atoms with van der Waals surface area (Å²) < 4.78 is 0. The molecule has 1 N–H and O–H groups in total. The molecule has 0 atom stereocenters. The predicted octanol–water partition coefficient (Wildman–Crippen LogP) is 3.11. The third kappa shape index (κ3) is 5.26. The lowest BCUT2D eigenvalue weighted by Crippen LogP contribution is -2.26. The number of aliphatic carboxylic acids is 1. The summed E-state index contributed by atoms with van der Waals surface area (Å²) in [6, 6.07) is 3.50. The molecule has 0 aliphatic heterocycles. The highest BCUT2D eigenvalue weighted by Crippen LogP contribution is 2.19. The highest BCUT2D eigenvalue weighted by molar-refractivity contribution is 7.14. The topological polar surface area (TPSA) is 57.6 Å². The molecule has 1 aromatic rings. The Kier molecular flexibility index (Phi) is 6.29. The van der Waals surface area contributed by atoms with Gasteiger partial charge in [0.25, 0.3) is 5.91 Å². The molecule has 4 nitrogen and oxygen atoms in total. The Morgan fingerprint density at radius 2 is 2.11 bits per heavy atom. The lowest BCUT2D eigenvalue weighted by atomic mass is 10.2. The highest BCUT2D eigenvalue weighted by Gasteiger charge is 2.13. The van der Waals surface area contributed by atoms with E-state index in [9.17, 15) is 9.59 Å². The van der Waals surface area contributed by atoms with Crippen LogP contribution >= 0.6 is 11.3 Å². The number of unbranched alkanes of at least 4 members (excludes halogenated alkanes) is 2. The monoisotopic (exact) mass is 281 g/mol. The average molecular weight is 281 g/mol. The molecule has 0 radical (unpaired) electrons. The van der Waals surface area contributed by atoms with Gasteiger partial charge in [-0.1, -0.05) is 19.8 Å². The van der Waals surface area contributed by atoms with Crippen molar-refractivity contribution >= 4 is 29.3 Å². The molecule has 1 heterocycles. The maximum absolute atomic E-state index is 12.1. The van der Waals surface area contributed by atoms with E-state index in [1.807, 2.05) is 0 Å². The van der Waals surface area contributed by atoms with E-state index in [0.29, 0.717) is 4.88 Å². The van der Waals surface area contributed by atoms with Crippen LogP contribution < -0.4 is 0 Å². The van der Waals surface area contributed by atoms with E-state index in [2.05, 4.69) is 6.92 Å². The van der Waals surface area contributed by atoms with E-state index >= 15 is 0 Å². The van der Waals surface area contributed by atoms with E-state index in [-0.39, 0.29) is 5.91 Å². The second kappa shape index (κ2) is 7.74. The van der Waals surface area contributed by atoms with Gasteiger partial charge in [0.05, 0.1) is 4.88 Å². The summed E-state index contributed by atoms with van der Waals surface area (Å²) in [6.45, 7) is 2.88. The molecule has 1 aromatic heterocycles. The molecule has 0 spiro atoms. The summed E-state index contributed by atoms with van der Waals surface area (Å²) in [5.74, 6) is -0.992. The third-order valence-electron chi connectivity index (χ3n) is 2.67. The predicted molar refractivity (Wildman–Crippen MR) is 77.5 cm³/mol. The first kappa shape index (κ1) is 15.4. The maximum Gasteiger partial charge on any atom is 0.328 e. The summed E-state index contributed by atoms with van der Waals surface area (Å²) >= 11 is 1.31. The van der Waals surface area contributed by atoms with Gasteiger partial charge in [0.1, 0.15) is 0 Å². The average Bonchev–Trinajstić information content (AvgIpc) is 2.84. The number of carbonyl (C=O) groups is 2. The first-order chi connectivity index (χ1) is 9.04. The molecule has 1 amide bonds. The summed E-state index contributed by atoms with van der Waals surface area (Å²) in [5.41, 5.74) is 0. The van der Waals surface area contributed by atoms with Crippen LogP contribution in [0.25, 0.3) is 6.08 Å². The normalized spacial score (nSPS) is 10.8. The van der Waals surface area contributed by atoms with Gasteiger partial charge in [-0.25, -0.2) is 4.79 Å². The molecule has 0 unspecified atom stereocenters. The maximum atomic E-state index is 12.1. The zero-order valence-corrected chi connectivity index (χ0v) is 12.1. The van der Waals surface area contributed by atoms with Gasteiger partial charge in [0, 0.05) is 24.5 Å². The van der Waals surface area contributed by atoms with Gasteiger partial charge < -0.3 is 10.0 Å². The van der Waals surface area contributed by atoms with Gasteiger partial charge in [-0.3, -0.25) is 4.79 Å². The van der Waals surface area contributed by atoms with E-state index < -0.39 is 5.97 Å². The molecule has 19 heavy (non-hydrogen) atoms. The Morgan fingerprint density at radius 3 is 2.74 bits per heavy atom. The van der Waals surface area contributed by atoms with Gasteiger partial charge >= 0.3 is 5.97 Å². The van der Waals surface area contributed by atoms with Gasteiger partial charge in [-0.2, -0.15) is 0 Å². The lowest BCUT2D eigenvalue weighted by Gasteiger charge is -2.15. The second-order valence-electron chi connectivity index (χ2n) is 4.31. The summed E-state index contributed by atoms with van der Waals surface area (Å²) in [5, 5.41) is 8.54. The fourth-order valence-electron chi connectivity index (χ4n) is 1.60. The van der Waals surface area contributed by atoms with Crippen molar-refractivity contribution in [3.8, 4) is 0 Å². The van der Waals surface area contributed by atoms with E-state index in [1.165, 1.54) is 17.4 Å². The minimum absolute atomic E-state index is 0.00363. The summed E-state index contributed by atoms with van der Waals surface area (Å²) in [4.78, 5) is 25.6. The van der Waals surface area contributed by atoms with E-state index in [0.717, 1.165) is 36.8 Å². The minimum atomic E-state index is -0.988. The molecule has 0 saturated carbocycles. The van der Waals surface area contributed by atoms with Crippen LogP contribution in [-0.2, 0) is 4.79 Å². The van der Waals surface area contributed by atoms with Crippen molar-refractivity contribution in [1.29, 1.82) is 0 Å². The molecule has 0 aliphatic carbocycles. The molecule has 0 saturated heterocycles. The smallest absolute Gasteiger partial charge is 0.328 e. The lowest BCUT2D eigenvalue weighted by molar-refractivity contribution is -0.131. The largest absolute Gasteiger partial charge is 0.478 e. The van der Waals surface area contributed by atoms with Crippen LogP contribution in [0.2, 0.25) is 0 Å². The van der Waals surface area contributed by atoms with Crippen molar-refractivity contribution in [1.82, 2.24) is 4.90 Å².